The second-order valence-electron chi connectivity index (χ2n) is 1.87. The van der Waals surface area contributed by atoms with Crippen LogP contribution in [-0.4, -0.2) is 18.0 Å². The van der Waals surface area contributed by atoms with Crippen molar-refractivity contribution in [2.45, 2.75) is 12.2 Å². The minimum absolute atomic E-state index is 0.348. The first-order chi connectivity index (χ1) is 3.80. The standard InChI is InChI=1S/C6H9NS/c1-5(8)6-2-3-7-4-6/h2,4-5,8H,3H2,1H3. The highest BCUT2D eigenvalue weighted by atomic mass is 32.1. The molecule has 2 heteroatoms. The van der Waals surface area contributed by atoms with Gasteiger partial charge < -0.3 is 0 Å². The molecule has 0 fully saturated rings. The molecule has 0 bridgehead atoms. The molecule has 0 aromatic heterocycles. The monoisotopic (exact) mass is 127 g/mol. The summed E-state index contributed by atoms with van der Waals surface area (Å²) < 4.78 is 0. The Labute approximate surface area is 54.9 Å². The maximum Gasteiger partial charge on any atom is 0.0577 e. The molecule has 0 spiro atoms. The molecular formula is C6H9NS. The van der Waals surface area contributed by atoms with Gasteiger partial charge in [0, 0.05) is 11.5 Å². The summed E-state index contributed by atoms with van der Waals surface area (Å²) in [4.78, 5) is 4.02. The number of hydrogen-bond donors (Lipinski definition) is 1. The van der Waals surface area contributed by atoms with Crippen molar-refractivity contribution in [3.63, 3.8) is 0 Å². The van der Waals surface area contributed by atoms with Gasteiger partial charge in [-0.25, -0.2) is 0 Å². The average Bonchev–Trinajstić information content (AvgIpc) is 2.12. The van der Waals surface area contributed by atoms with Gasteiger partial charge >= 0.3 is 0 Å². The molecule has 0 radical (unpaired) electrons. The van der Waals surface area contributed by atoms with Crippen molar-refractivity contribution in [3.05, 3.63) is 11.6 Å². The molecule has 0 aliphatic carbocycles. The van der Waals surface area contributed by atoms with Crippen LogP contribution in [0.1, 0.15) is 6.92 Å². The lowest BCUT2D eigenvalue weighted by Crippen LogP contribution is -1.94. The Hall–Kier alpha value is -0.240. The largest absolute Gasteiger partial charge is 0.289 e. The third-order valence-corrected chi connectivity index (χ3v) is 1.45. The summed E-state index contributed by atoms with van der Waals surface area (Å²) in [5, 5.41) is 0.348. The first-order valence-electron chi connectivity index (χ1n) is 2.68. The van der Waals surface area contributed by atoms with Crippen LogP contribution in [0, 0.1) is 0 Å². The van der Waals surface area contributed by atoms with E-state index in [0.717, 1.165) is 6.54 Å². The zero-order chi connectivity index (χ0) is 5.98. The van der Waals surface area contributed by atoms with Crippen LogP contribution in [0.25, 0.3) is 0 Å². The molecule has 0 amide bonds. The molecular weight excluding hydrogens is 118 g/mol. The average molecular weight is 127 g/mol. The Morgan fingerprint density at radius 3 is 2.88 bits per heavy atom. The van der Waals surface area contributed by atoms with E-state index in [1.54, 1.807) is 0 Å². The van der Waals surface area contributed by atoms with E-state index >= 15 is 0 Å². The Bertz CT molecular complexity index is 135. The minimum atomic E-state index is 0.348. The van der Waals surface area contributed by atoms with Crippen molar-refractivity contribution in [2.24, 2.45) is 4.99 Å². The number of nitrogens with zero attached hydrogens (tertiary/aromatic N) is 1. The van der Waals surface area contributed by atoms with Crippen LogP contribution < -0.4 is 0 Å². The normalized spacial score (nSPS) is 21.0. The van der Waals surface area contributed by atoms with Crippen molar-refractivity contribution >= 4 is 18.8 Å². The molecule has 44 valence electrons. The van der Waals surface area contributed by atoms with Crippen LogP contribution >= 0.6 is 12.6 Å². The quantitative estimate of drug-likeness (QED) is 0.510. The van der Waals surface area contributed by atoms with E-state index in [4.69, 9.17) is 0 Å². The third kappa shape index (κ3) is 1.13. The van der Waals surface area contributed by atoms with Gasteiger partial charge in [0.15, 0.2) is 0 Å². The van der Waals surface area contributed by atoms with Crippen molar-refractivity contribution in [1.82, 2.24) is 0 Å². The predicted octanol–water partition coefficient (Wildman–Crippen LogP) is 1.32. The van der Waals surface area contributed by atoms with E-state index in [1.165, 1.54) is 5.57 Å². The molecule has 0 aromatic carbocycles. The van der Waals surface area contributed by atoms with Gasteiger partial charge in [0.1, 0.15) is 0 Å². The summed E-state index contributed by atoms with van der Waals surface area (Å²) in [6, 6.07) is 0. The SMILES string of the molecule is CC(S)C1=CCN=C1. The van der Waals surface area contributed by atoms with Gasteiger partial charge in [0.05, 0.1) is 6.54 Å². The maximum atomic E-state index is 4.23. The van der Waals surface area contributed by atoms with Crippen molar-refractivity contribution in [3.8, 4) is 0 Å². The zero-order valence-electron chi connectivity index (χ0n) is 4.83. The summed E-state index contributed by atoms with van der Waals surface area (Å²) in [5.41, 5.74) is 1.24. The predicted molar refractivity (Wildman–Crippen MR) is 39.9 cm³/mol. The lowest BCUT2D eigenvalue weighted by molar-refractivity contribution is 1.21. The Balaban J connectivity index is 2.58. The molecule has 8 heavy (non-hydrogen) atoms. The minimum Gasteiger partial charge on any atom is -0.289 e. The smallest absolute Gasteiger partial charge is 0.0577 e. The molecule has 1 rings (SSSR count). The van der Waals surface area contributed by atoms with Crippen molar-refractivity contribution in [2.75, 3.05) is 6.54 Å². The molecule has 1 aliphatic heterocycles. The summed E-state index contributed by atoms with van der Waals surface area (Å²) in [6.45, 7) is 2.90. The Morgan fingerprint density at radius 2 is 2.62 bits per heavy atom. The van der Waals surface area contributed by atoms with Gasteiger partial charge in [-0.05, 0) is 12.5 Å². The zero-order valence-corrected chi connectivity index (χ0v) is 5.73. The molecule has 1 atom stereocenters. The van der Waals surface area contributed by atoms with E-state index in [-0.39, 0.29) is 0 Å². The van der Waals surface area contributed by atoms with Crippen molar-refractivity contribution < 1.29 is 0 Å². The van der Waals surface area contributed by atoms with Gasteiger partial charge in [-0.15, -0.1) is 0 Å². The topological polar surface area (TPSA) is 12.4 Å². The second-order valence-corrected chi connectivity index (χ2v) is 2.65. The molecule has 0 N–H and O–H groups in total. The van der Waals surface area contributed by atoms with Gasteiger partial charge in [-0.1, -0.05) is 6.08 Å². The summed E-state index contributed by atoms with van der Waals surface area (Å²) in [5.74, 6) is 0. The summed E-state index contributed by atoms with van der Waals surface area (Å²) in [7, 11) is 0. The highest BCUT2D eigenvalue weighted by Gasteiger charge is 2.02. The fraction of sp³-hybridized carbons (Fsp3) is 0.500. The number of thiol groups is 1. The highest BCUT2D eigenvalue weighted by Crippen LogP contribution is 2.08. The molecule has 0 saturated carbocycles. The Morgan fingerprint density at radius 1 is 1.88 bits per heavy atom. The molecule has 0 saturated heterocycles. The number of aliphatic imine (C=N–C) groups is 1. The molecule has 1 heterocycles. The van der Waals surface area contributed by atoms with Gasteiger partial charge in [-0.2, -0.15) is 12.6 Å². The van der Waals surface area contributed by atoms with Gasteiger partial charge in [0.25, 0.3) is 0 Å². The van der Waals surface area contributed by atoms with Crippen molar-refractivity contribution in [1.29, 1.82) is 0 Å². The lowest BCUT2D eigenvalue weighted by atomic mass is 10.2. The van der Waals surface area contributed by atoms with Crippen LogP contribution in [0.5, 0.6) is 0 Å². The van der Waals surface area contributed by atoms with E-state index in [2.05, 4.69) is 23.7 Å². The van der Waals surface area contributed by atoms with Crippen LogP contribution in [0.15, 0.2) is 16.6 Å². The second kappa shape index (κ2) is 2.35. The number of hydrogen-bond acceptors (Lipinski definition) is 2. The van der Waals surface area contributed by atoms with Crippen LogP contribution in [-0.2, 0) is 0 Å². The summed E-state index contributed by atoms with van der Waals surface area (Å²) in [6.07, 6.45) is 3.98. The van der Waals surface area contributed by atoms with E-state index in [1.807, 2.05) is 13.1 Å². The van der Waals surface area contributed by atoms with Crippen LogP contribution in [0.4, 0.5) is 0 Å². The molecule has 1 unspecified atom stereocenters. The highest BCUT2D eigenvalue weighted by molar-refractivity contribution is 7.81. The van der Waals surface area contributed by atoms with E-state index in [9.17, 15) is 0 Å². The van der Waals surface area contributed by atoms with E-state index in [0.29, 0.717) is 5.25 Å². The maximum absolute atomic E-state index is 4.23. The molecule has 0 aromatic rings. The van der Waals surface area contributed by atoms with Gasteiger partial charge in [0.2, 0.25) is 0 Å². The van der Waals surface area contributed by atoms with E-state index < -0.39 is 0 Å². The molecule has 1 nitrogen and oxygen atoms in total. The lowest BCUT2D eigenvalue weighted by Gasteiger charge is -1.97. The first-order valence-corrected chi connectivity index (χ1v) is 3.20. The molecule has 1 aliphatic rings. The first kappa shape index (κ1) is 5.89. The number of rotatable bonds is 1. The van der Waals surface area contributed by atoms with Crippen LogP contribution in [0.3, 0.4) is 0 Å². The third-order valence-electron chi connectivity index (χ3n) is 1.16. The fourth-order valence-corrected chi connectivity index (χ4v) is 0.819. The van der Waals surface area contributed by atoms with Gasteiger partial charge in [-0.3, -0.25) is 4.99 Å². The fourth-order valence-electron chi connectivity index (χ4n) is 0.647. The summed E-state index contributed by atoms with van der Waals surface area (Å²) >= 11 is 4.23. The Kier molecular flexibility index (Phi) is 1.73. The van der Waals surface area contributed by atoms with Crippen LogP contribution in [0.2, 0.25) is 0 Å².